The van der Waals surface area contributed by atoms with Crippen molar-refractivity contribution in [1.29, 1.82) is 0 Å². The van der Waals surface area contributed by atoms with Gasteiger partial charge in [0.25, 0.3) is 0 Å². The highest BCUT2D eigenvalue weighted by Gasteiger charge is 2.23. The molecule has 0 aliphatic rings. The Labute approximate surface area is 155 Å². The van der Waals surface area contributed by atoms with Crippen molar-refractivity contribution >= 4 is 28.3 Å². The van der Waals surface area contributed by atoms with E-state index in [1.54, 1.807) is 0 Å². The van der Waals surface area contributed by atoms with E-state index in [0.717, 1.165) is 12.1 Å². The molecule has 0 saturated carbocycles. The van der Waals surface area contributed by atoms with Crippen LogP contribution < -0.4 is 22.2 Å². The number of nitrogen functional groups attached to an aromatic ring is 1. The lowest BCUT2D eigenvalue weighted by atomic mass is 10.1. The summed E-state index contributed by atoms with van der Waals surface area (Å²) in [6.45, 7) is -1.35. The molecule has 0 saturated heterocycles. The van der Waals surface area contributed by atoms with Crippen molar-refractivity contribution in [3.05, 3.63) is 57.5 Å². The van der Waals surface area contributed by atoms with E-state index < -0.39 is 57.6 Å². The first-order valence-corrected chi connectivity index (χ1v) is 7.92. The molecule has 0 fully saturated rings. The summed E-state index contributed by atoms with van der Waals surface area (Å²) in [4.78, 5) is 23.6. The lowest BCUT2D eigenvalue weighted by Gasteiger charge is -2.11. The van der Waals surface area contributed by atoms with Gasteiger partial charge in [0.05, 0.1) is 35.5 Å². The van der Waals surface area contributed by atoms with Gasteiger partial charge in [-0.05, 0) is 18.2 Å². The van der Waals surface area contributed by atoms with Crippen molar-refractivity contribution < 1.29 is 27.5 Å². The highest BCUT2D eigenvalue weighted by atomic mass is 19.1. The number of anilines is 2. The van der Waals surface area contributed by atoms with Gasteiger partial charge in [-0.3, -0.25) is 9.59 Å². The second kappa shape index (κ2) is 7.33. The highest BCUT2D eigenvalue weighted by Crippen LogP contribution is 2.32. The molecule has 0 bridgehead atoms. The van der Waals surface area contributed by atoms with Crippen molar-refractivity contribution in [2.75, 3.05) is 17.6 Å². The van der Waals surface area contributed by atoms with Crippen LogP contribution in [0.15, 0.2) is 33.5 Å². The van der Waals surface area contributed by atoms with Crippen LogP contribution in [0.25, 0.3) is 22.3 Å². The zero-order valence-corrected chi connectivity index (χ0v) is 14.2. The summed E-state index contributed by atoms with van der Waals surface area (Å²) < 4.78 is 48.1. The van der Waals surface area contributed by atoms with Gasteiger partial charge in [0.1, 0.15) is 11.6 Å². The van der Waals surface area contributed by atoms with Crippen molar-refractivity contribution in [2.24, 2.45) is 5.73 Å². The number of hydrogen-bond donors (Lipinski definition) is 4. The highest BCUT2D eigenvalue weighted by molar-refractivity contribution is 5.93. The zero-order valence-electron chi connectivity index (χ0n) is 14.2. The van der Waals surface area contributed by atoms with Gasteiger partial charge in [-0.1, -0.05) is 0 Å². The standard InChI is InChI=1S/C18H14F3N3O4/c19-9-3-7(1-2-10(9)24-13(27)5-22)12-4-11(26)14-17(23)15(20)8(6-25)16(21)18(14)28-12/h1-4,25H,5-6,22-23H2,(H,24,27). The maximum absolute atomic E-state index is 14.5. The zero-order chi connectivity index (χ0) is 20.6. The van der Waals surface area contributed by atoms with Crippen molar-refractivity contribution in [3.8, 4) is 11.3 Å². The predicted molar refractivity (Wildman–Crippen MR) is 95.8 cm³/mol. The van der Waals surface area contributed by atoms with Gasteiger partial charge in [0.2, 0.25) is 5.91 Å². The van der Waals surface area contributed by atoms with Gasteiger partial charge >= 0.3 is 0 Å². The summed E-state index contributed by atoms with van der Waals surface area (Å²) in [6, 6.07) is 4.38. The molecule has 0 atom stereocenters. The van der Waals surface area contributed by atoms with Crippen molar-refractivity contribution in [1.82, 2.24) is 0 Å². The summed E-state index contributed by atoms with van der Waals surface area (Å²) in [5, 5.41) is 10.9. The monoisotopic (exact) mass is 393 g/mol. The normalized spacial score (nSPS) is 11.0. The van der Waals surface area contributed by atoms with Gasteiger partial charge in [0.15, 0.2) is 22.6 Å². The third-order valence-corrected chi connectivity index (χ3v) is 4.05. The molecule has 0 aliphatic heterocycles. The molecule has 6 N–H and O–H groups in total. The van der Waals surface area contributed by atoms with E-state index in [2.05, 4.69) is 5.32 Å². The second-order valence-corrected chi connectivity index (χ2v) is 5.80. The summed E-state index contributed by atoms with van der Waals surface area (Å²) in [5.41, 5.74) is 7.66. The lowest BCUT2D eigenvalue weighted by Crippen LogP contribution is -2.22. The Morgan fingerprint density at radius 1 is 1.18 bits per heavy atom. The largest absolute Gasteiger partial charge is 0.453 e. The van der Waals surface area contributed by atoms with Crippen LogP contribution in [-0.4, -0.2) is 17.6 Å². The predicted octanol–water partition coefficient (Wildman–Crippen LogP) is 1.85. The van der Waals surface area contributed by atoms with Crippen molar-refractivity contribution in [3.63, 3.8) is 0 Å². The second-order valence-electron chi connectivity index (χ2n) is 5.80. The molecule has 0 aliphatic carbocycles. The summed E-state index contributed by atoms with van der Waals surface area (Å²) in [6.07, 6.45) is 0. The summed E-state index contributed by atoms with van der Waals surface area (Å²) >= 11 is 0. The third-order valence-electron chi connectivity index (χ3n) is 4.05. The fraction of sp³-hybridized carbons (Fsp3) is 0.111. The van der Waals surface area contributed by atoms with E-state index in [1.807, 2.05) is 0 Å². The number of amides is 1. The molecular weight excluding hydrogens is 379 g/mol. The molecular formula is C18H14F3N3O4. The van der Waals surface area contributed by atoms with E-state index in [0.29, 0.717) is 0 Å². The number of halogens is 3. The van der Waals surface area contributed by atoms with Crippen LogP contribution in [0.4, 0.5) is 24.5 Å². The number of rotatable bonds is 4. The Bertz CT molecular complexity index is 1160. The van der Waals surface area contributed by atoms with Crippen LogP contribution in [0.3, 0.4) is 0 Å². The van der Waals surface area contributed by atoms with Gasteiger partial charge in [-0.25, -0.2) is 13.2 Å². The summed E-state index contributed by atoms with van der Waals surface area (Å²) in [7, 11) is 0. The van der Waals surface area contributed by atoms with E-state index in [-0.39, 0.29) is 23.6 Å². The van der Waals surface area contributed by atoms with Gasteiger partial charge in [0, 0.05) is 11.6 Å². The van der Waals surface area contributed by atoms with Gasteiger partial charge in [-0.15, -0.1) is 0 Å². The molecule has 3 aromatic rings. The Morgan fingerprint density at radius 3 is 2.50 bits per heavy atom. The third kappa shape index (κ3) is 3.19. The first-order valence-electron chi connectivity index (χ1n) is 7.92. The number of aliphatic hydroxyl groups excluding tert-OH is 1. The topological polar surface area (TPSA) is 132 Å². The Hall–Kier alpha value is -3.37. The lowest BCUT2D eigenvalue weighted by molar-refractivity contribution is -0.114. The molecule has 1 aromatic heterocycles. The van der Waals surface area contributed by atoms with Crippen LogP contribution in [0.2, 0.25) is 0 Å². The molecule has 2 aromatic carbocycles. The number of carbonyl (C=O) groups excluding carboxylic acids is 1. The molecule has 28 heavy (non-hydrogen) atoms. The summed E-state index contributed by atoms with van der Waals surface area (Å²) in [5.74, 6) is -4.21. The first kappa shape index (κ1) is 19.4. The number of hydrogen-bond acceptors (Lipinski definition) is 6. The van der Waals surface area contributed by atoms with E-state index in [4.69, 9.17) is 21.0 Å². The molecule has 10 heteroatoms. The fourth-order valence-corrected chi connectivity index (χ4v) is 2.66. The number of aliphatic hydroxyl groups is 1. The average molecular weight is 393 g/mol. The maximum atomic E-state index is 14.5. The van der Waals surface area contributed by atoms with E-state index >= 15 is 0 Å². The number of carbonyl (C=O) groups is 1. The average Bonchev–Trinajstić information content (AvgIpc) is 2.67. The molecule has 3 rings (SSSR count). The van der Waals surface area contributed by atoms with E-state index in [1.165, 1.54) is 12.1 Å². The van der Waals surface area contributed by atoms with Crippen LogP contribution >= 0.6 is 0 Å². The van der Waals surface area contributed by atoms with Crippen LogP contribution in [0.1, 0.15) is 5.56 Å². The molecule has 0 radical (unpaired) electrons. The minimum atomic E-state index is -1.28. The van der Waals surface area contributed by atoms with Crippen molar-refractivity contribution in [2.45, 2.75) is 6.61 Å². The minimum Gasteiger partial charge on any atom is -0.453 e. The number of nitrogens with one attached hydrogen (secondary N) is 1. The molecule has 7 nitrogen and oxygen atoms in total. The molecule has 1 amide bonds. The Morgan fingerprint density at radius 2 is 1.89 bits per heavy atom. The van der Waals surface area contributed by atoms with Crippen LogP contribution in [-0.2, 0) is 11.4 Å². The molecule has 0 spiro atoms. The smallest absolute Gasteiger partial charge is 0.238 e. The van der Waals surface area contributed by atoms with E-state index in [9.17, 15) is 22.8 Å². The van der Waals surface area contributed by atoms with Gasteiger partial charge in [-0.2, -0.15) is 0 Å². The molecule has 1 heterocycles. The SMILES string of the molecule is NCC(=O)Nc1ccc(-c2cc(=O)c3c(N)c(F)c(CO)c(F)c3o2)cc1F. The van der Waals surface area contributed by atoms with Crippen LogP contribution in [0, 0.1) is 17.5 Å². The Kier molecular flexibility index (Phi) is 5.08. The molecule has 0 unspecified atom stereocenters. The fourth-order valence-electron chi connectivity index (χ4n) is 2.66. The quantitative estimate of drug-likeness (QED) is 0.500. The molecule has 146 valence electrons. The minimum absolute atomic E-state index is 0.0510. The maximum Gasteiger partial charge on any atom is 0.238 e. The first-order chi connectivity index (χ1) is 13.3. The van der Waals surface area contributed by atoms with Crippen LogP contribution in [0.5, 0.6) is 0 Å². The number of fused-ring (bicyclic) bond motifs is 1. The number of benzene rings is 2. The Balaban J connectivity index is 2.19. The van der Waals surface area contributed by atoms with Gasteiger partial charge < -0.3 is 26.3 Å². The number of nitrogens with two attached hydrogens (primary N) is 2.